The van der Waals surface area contributed by atoms with E-state index in [0.29, 0.717) is 11.5 Å². The number of amidine groups is 1. The Morgan fingerprint density at radius 2 is 1.58 bits per heavy atom. The molecule has 4 heterocycles. The Morgan fingerprint density at radius 1 is 0.947 bits per heavy atom. The van der Waals surface area contributed by atoms with Crippen LogP contribution in [0.1, 0.15) is 39.4 Å². The van der Waals surface area contributed by atoms with E-state index in [2.05, 4.69) is 20.3 Å². The fourth-order valence-electron chi connectivity index (χ4n) is 6.85. The minimum absolute atomic E-state index is 0.00113. The van der Waals surface area contributed by atoms with Crippen LogP contribution >= 0.6 is 11.6 Å². The van der Waals surface area contributed by atoms with Crippen molar-refractivity contribution in [3.63, 3.8) is 0 Å². The maximum absolute atomic E-state index is 15.1. The van der Waals surface area contributed by atoms with Crippen LogP contribution in [0.15, 0.2) is 96.4 Å². The summed E-state index contributed by atoms with van der Waals surface area (Å²) in [6.07, 6.45) is -6.49. The van der Waals surface area contributed by atoms with Gasteiger partial charge >= 0.3 is 12.4 Å². The van der Waals surface area contributed by atoms with E-state index in [9.17, 15) is 13.2 Å². The van der Waals surface area contributed by atoms with E-state index in [4.69, 9.17) is 31.5 Å². The van der Waals surface area contributed by atoms with Gasteiger partial charge in [0.15, 0.2) is 6.04 Å². The van der Waals surface area contributed by atoms with Crippen molar-refractivity contribution in [2.24, 2.45) is 4.99 Å². The van der Waals surface area contributed by atoms with Crippen molar-refractivity contribution >= 4 is 34.8 Å². The maximum Gasteiger partial charge on any atom is 0.418 e. The SMILES string of the molecule is COc1ccc(CN(Cc2ccc(OC)cc2)c2cc(C)c(C(F)(F)F)c(-c3cc4c5c(c3Cl)NCN=C5N(C(c3cccnc3N)C(F)(F)F)C=CO4)n2)cc1. The van der Waals surface area contributed by atoms with Crippen LogP contribution in [0.5, 0.6) is 17.2 Å². The normalized spacial score (nSPS) is 14.1. The molecule has 0 bridgehead atoms. The molecular formula is C40H34ClF6N7O3. The lowest BCUT2D eigenvalue weighted by atomic mass is 9.96. The van der Waals surface area contributed by atoms with Crippen LogP contribution in [0.3, 0.4) is 0 Å². The number of benzene rings is 3. The molecular weight excluding hydrogens is 776 g/mol. The molecule has 3 N–H and O–H groups in total. The van der Waals surface area contributed by atoms with Gasteiger partial charge in [0.05, 0.1) is 41.8 Å². The third-order valence-electron chi connectivity index (χ3n) is 9.48. The van der Waals surface area contributed by atoms with Crippen LogP contribution in [-0.4, -0.2) is 47.8 Å². The zero-order valence-electron chi connectivity index (χ0n) is 30.5. The summed E-state index contributed by atoms with van der Waals surface area (Å²) in [6.45, 7) is 1.55. The number of nitrogen functional groups attached to an aromatic ring is 1. The van der Waals surface area contributed by atoms with Gasteiger partial charge in [-0.05, 0) is 66.1 Å². The lowest BCUT2D eigenvalue weighted by molar-refractivity contribution is -0.170. The number of nitrogens with two attached hydrogens (primary N) is 1. The molecule has 3 aromatic carbocycles. The van der Waals surface area contributed by atoms with Crippen molar-refractivity contribution in [3.8, 4) is 28.5 Å². The number of alkyl halides is 6. The Balaban J connectivity index is 1.38. The van der Waals surface area contributed by atoms with Gasteiger partial charge in [-0.3, -0.25) is 0 Å². The molecule has 1 unspecified atom stereocenters. The Hall–Kier alpha value is -6.16. The number of halogens is 7. The number of aliphatic imine (C=N–C) groups is 1. The highest BCUT2D eigenvalue weighted by Gasteiger charge is 2.48. The third kappa shape index (κ3) is 7.81. The fourth-order valence-corrected chi connectivity index (χ4v) is 7.16. The average Bonchev–Trinajstić information content (AvgIpc) is 3.35. The zero-order valence-corrected chi connectivity index (χ0v) is 31.3. The highest BCUT2D eigenvalue weighted by Crippen LogP contribution is 2.50. The highest BCUT2D eigenvalue weighted by atomic mass is 35.5. The van der Waals surface area contributed by atoms with Crippen LogP contribution in [-0.2, 0) is 19.3 Å². The van der Waals surface area contributed by atoms with Crippen LogP contribution < -0.4 is 30.2 Å². The fraction of sp³-hybridized carbons (Fsp3) is 0.225. The number of aryl methyl sites for hydroxylation is 1. The molecule has 10 nitrogen and oxygen atoms in total. The average molecular weight is 810 g/mol. The summed E-state index contributed by atoms with van der Waals surface area (Å²) < 4.78 is 106. The smallest absolute Gasteiger partial charge is 0.418 e. The number of hydrogen-bond donors (Lipinski definition) is 2. The molecule has 57 heavy (non-hydrogen) atoms. The van der Waals surface area contributed by atoms with Crippen molar-refractivity contribution in [3.05, 3.63) is 130 Å². The number of aromatic nitrogens is 2. The predicted molar refractivity (Wildman–Crippen MR) is 204 cm³/mol. The van der Waals surface area contributed by atoms with Crippen LogP contribution in [0.2, 0.25) is 5.02 Å². The molecule has 1 atom stereocenters. The molecule has 0 spiro atoms. The second-order valence-corrected chi connectivity index (χ2v) is 13.5. The number of methoxy groups -OCH3 is 2. The van der Waals surface area contributed by atoms with Gasteiger partial charge in [0.2, 0.25) is 0 Å². The molecule has 0 saturated carbocycles. The van der Waals surface area contributed by atoms with Gasteiger partial charge in [0.25, 0.3) is 0 Å². The summed E-state index contributed by atoms with van der Waals surface area (Å²) in [5.41, 5.74) is 5.37. The zero-order chi connectivity index (χ0) is 40.6. The second kappa shape index (κ2) is 15.4. The van der Waals surface area contributed by atoms with E-state index in [1.807, 2.05) is 29.2 Å². The number of nitrogens with one attached hydrogen (secondary N) is 1. The van der Waals surface area contributed by atoms with Crippen molar-refractivity contribution in [2.45, 2.75) is 38.4 Å². The molecule has 0 saturated heterocycles. The standard InChI is InChI=1S/C40H34ClF6N7O3/c1-22-17-30(53(19-23-6-10-25(55-2)11-7-23)20-24-8-12-26(56-3)13-9-24)52-34(32(22)39(42,43)44)28-18-29-31-35(33(28)41)50-21-51-38(31)54(15-16-57-29)36(40(45,46)47)27-5-4-14-49-37(27)48/h4-18,36,50H,19-21H2,1-3H3,(H2,48,49). The number of anilines is 3. The predicted octanol–water partition coefficient (Wildman–Crippen LogP) is 9.53. The van der Waals surface area contributed by atoms with E-state index in [0.717, 1.165) is 28.5 Å². The van der Waals surface area contributed by atoms with Gasteiger partial charge in [-0.25, -0.2) is 15.0 Å². The Labute approximate surface area is 328 Å². The van der Waals surface area contributed by atoms with E-state index >= 15 is 13.2 Å². The van der Waals surface area contributed by atoms with Crippen LogP contribution in [0, 0.1) is 6.92 Å². The van der Waals surface area contributed by atoms with Crippen molar-refractivity contribution in [1.29, 1.82) is 0 Å². The Morgan fingerprint density at radius 3 is 2.14 bits per heavy atom. The van der Waals surface area contributed by atoms with Crippen molar-refractivity contribution < 1.29 is 40.6 Å². The molecule has 0 amide bonds. The first-order chi connectivity index (χ1) is 27.2. The summed E-state index contributed by atoms with van der Waals surface area (Å²) in [5.74, 6) is 0.795. The number of hydrogen-bond acceptors (Lipinski definition) is 10. The van der Waals surface area contributed by atoms with Gasteiger partial charge in [0.1, 0.15) is 47.7 Å². The highest BCUT2D eigenvalue weighted by molar-refractivity contribution is 6.37. The molecule has 2 aliphatic rings. The molecule has 2 aliphatic heterocycles. The molecule has 0 aliphatic carbocycles. The van der Waals surface area contributed by atoms with E-state index in [1.165, 1.54) is 37.4 Å². The Kier molecular flexibility index (Phi) is 10.6. The van der Waals surface area contributed by atoms with E-state index in [-0.39, 0.29) is 75.9 Å². The summed E-state index contributed by atoms with van der Waals surface area (Å²) in [7, 11) is 3.09. The van der Waals surface area contributed by atoms with Crippen molar-refractivity contribution in [2.75, 3.05) is 36.8 Å². The van der Waals surface area contributed by atoms with Crippen LogP contribution in [0.4, 0.5) is 43.7 Å². The number of ether oxygens (including phenoxy) is 3. The van der Waals surface area contributed by atoms with E-state index < -0.39 is 29.7 Å². The monoisotopic (exact) mass is 809 g/mol. The summed E-state index contributed by atoms with van der Waals surface area (Å²) in [5, 5.41) is 2.71. The largest absolute Gasteiger partial charge is 0.497 e. The quantitative estimate of drug-likeness (QED) is 0.133. The lowest BCUT2D eigenvalue weighted by Crippen LogP contribution is -2.41. The number of nitrogens with zero attached hydrogens (tertiary/aromatic N) is 5. The van der Waals surface area contributed by atoms with Gasteiger partial charge in [-0.15, -0.1) is 0 Å². The molecule has 0 radical (unpaired) electrons. The minimum Gasteiger partial charge on any atom is -0.497 e. The molecule has 296 valence electrons. The first-order valence-corrected chi connectivity index (χ1v) is 17.7. The Bertz CT molecular complexity index is 2300. The number of rotatable bonds is 10. The topological polar surface area (TPSA) is 110 Å². The molecule has 7 rings (SSSR count). The summed E-state index contributed by atoms with van der Waals surface area (Å²) in [4.78, 5) is 15.5. The van der Waals surface area contributed by atoms with Gasteiger partial charge in [-0.2, -0.15) is 26.3 Å². The maximum atomic E-state index is 15.1. The van der Waals surface area contributed by atoms with Crippen LogP contribution in [0.25, 0.3) is 11.3 Å². The summed E-state index contributed by atoms with van der Waals surface area (Å²) in [6, 6.07) is 17.3. The molecule has 0 fully saturated rings. The lowest BCUT2D eigenvalue weighted by Gasteiger charge is -2.35. The molecule has 2 aromatic heterocycles. The second-order valence-electron chi connectivity index (χ2n) is 13.1. The number of pyridine rings is 2. The first-order valence-electron chi connectivity index (χ1n) is 17.3. The van der Waals surface area contributed by atoms with Gasteiger partial charge < -0.3 is 35.1 Å². The minimum atomic E-state index is -4.89. The molecule has 17 heteroatoms. The van der Waals surface area contributed by atoms with Gasteiger partial charge in [-0.1, -0.05) is 41.9 Å². The molecule has 5 aromatic rings. The van der Waals surface area contributed by atoms with Gasteiger partial charge in [0, 0.05) is 36.6 Å². The first kappa shape index (κ1) is 39.1. The summed E-state index contributed by atoms with van der Waals surface area (Å²) >= 11 is 7.01. The third-order valence-corrected chi connectivity index (χ3v) is 9.87. The van der Waals surface area contributed by atoms with Crippen molar-refractivity contribution in [1.82, 2.24) is 14.9 Å². The van der Waals surface area contributed by atoms with E-state index in [1.54, 1.807) is 38.5 Å².